The Labute approximate surface area is 112 Å². The number of hydrogen-bond acceptors (Lipinski definition) is 2. The van der Waals surface area contributed by atoms with E-state index < -0.39 is 0 Å². The second kappa shape index (κ2) is 5.31. The third kappa shape index (κ3) is 2.55. The molecule has 0 atom stereocenters. The number of halogens is 1. The number of ether oxygens (including phenoxy) is 2. The van der Waals surface area contributed by atoms with E-state index in [-0.39, 0.29) is 5.82 Å². The number of rotatable bonds is 3. The van der Waals surface area contributed by atoms with E-state index in [0.717, 1.165) is 28.0 Å². The third-order valence-corrected chi connectivity index (χ3v) is 3.16. The van der Waals surface area contributed by atoms with Crippen LogP contribution >= 0.6 is 0 Å². The van der Waals surface area contributed by atoms with Gasteiger partial charge in [-0.15, -0.1) is 0 Å². The van der Waals surface area contributed by atoms with Gasteiger partial charge in [-0.1, -0.05) is 6.07 Å². The van der Waals surface area contributed by atoms with Crippen LogP contribution in [0.1, 0.15) is 11.1 Å². The standard InChI is InChI=1S/C16H17FO2/c1-10-7-12(5-6-15(10)18-3)13-8-11(2)16(19-4)14(17)9-13/h5-9H,1-4H3. The van der Waals surface area contributed by atoms with Gasteiger partial charge in [0.15, 0.2) is 11.6 Å². The summed E-state index contributed by atoms with van der Waals surface area (Å²) in [7, 11) is 3.11. The molecule has 0 bridgehead atoms. The van der Waals surface area contributed by atoms with Gasteiger partial charge < -0.3 is 9.47 Å². The highest BCUT2D eigenvalue weighted by Gasteiger charge is 2.10. The molecular formula is C16H17FO2. The molecule has 2 aromatic rings. The number of benzene rings is 2. The molecule has 0 aromatic heterocycles. The van der Waals surface area contributed by atoms with Crippen molar-refractivity contribution >= 4 is 0 Å². The second-order valence-electron chi connectivity index (χ2n) is 4.49. The van der Waals surface area contributed by atoms with Gasteiger partial charge >= 0.3 is 0 Å². The van der Waals surface area contributed by atoms with Crippen LogP contribution in [0, 0.1) is 19.7 Å². The Morgan fingerprint density at radius 3 is 2.05 bits per heavy atom. The van der Waals surface area contributed by atoms with Gasteiger partial charge in [0.1, 0.15) is 5.75 Å². The molecule has 0 amide bonds. The quantitative estimate of drug-likeness (QED) is 0.826. The Hall–Kier alpha value is -2.03. The number of aryl methyl sites for hydroxylation is 2. The minimum absolute atomic E-state index is 0.300. The molecule has 0 saturated heterocycles. The number of hydrogen-bond donors (Lipinski definition) is 0. The van der Waals surface area contributed by atoms with Crippen LogP contribution in [0.4, 0.5) is 4.39 Å². The lowest BCUT2D eigenvalue weighted by Crippen LogP contribution is -1.93. The maximum Gasteiger partial charge on any atom is 0.165 e. The maximum atomic E-state index is 13.9. The Balaban J connectivity index is 2.50. The van der Waals surface area contributed by atoms with E-state index in [1.54, 1.807) is 7.11 Å². The first-order valence-electron chi connectivity index (χ1n) is 6.06. The first-order chi connectivity index (χ1) is 9.06. The topological polar surface area (TPSA) is 18.5 Å². The van der Waals surface area contributed by atoms with Gasteiger partial charge in [-0.2, -0.15) is 0 Å². The zero-order valence-electron chi connectivity index (χ0n) is 11.6. The van der Waals surface area contributed by atoms with Crippen molar-refractivity contribution in [2.75, 3.05) is 14.2 Å². The van der Waals surface area contributed by atoms with E-state index in [1.807, 2.05) is 38.1 Å². The Morgan fingerprint density at radius 1 is 0.842 bits per heavy atom. The van der Waals surface area contributed by atoms with Crippen molar-refractivity contribution in [3.05, 3.63) is 47.3 Å². The molecule has 0 N–H and O–H groups in total. The first kappa shape index (κ1) is 13.4. The molecule has 2 nitrogen and oxygen atoms in total. The fraction of sp³-hybridized carbons (Fsp3) is 0.250. The zero-order valence-corrected chi connectivity index (χ0v) is 11.6. The van der Waals surface area contributed by atoms with Gasteiger partial charge in [-0.3, -0.25) is 0 Å². The molecular weight excluding hydrogens is 243 g/mol. The molecule has 0 fully saturated rings. The molecule has 19 heavy (non-hydrogen) atoms. The summed E-state index contributed by atoms with van der Waals surface area (Å²) in [4.78, 5) is 0. The summed E-state index contributed by atoms with van der Waals surface area (Å²) in [6, 6.07) is 9.21. The van der Waals surface area contributed by atoms with Crippen molar-refractivity contribution in [2.24, 2.45) is 0 Å². The lowest BCUT2D eigenvalue weighted by atomic mass is 10.0. The van der Waals surface area contributed by atoms with E-state index in [1.165, 1.54) is 13.2 Å². The first-order valence-corrected chi connectivity index (χ1v) is 6.06. The van der Waals surface area contributed by atoms with E-state index in [4.69, 9.17) is 9.47 Å². The Morgan fingerprint density at radius 2 is 1.53 bits per heavy atom. The maximum absolute atomic E-state index is 13.9. The molecule has 2 rings (SSSR count). The molecule has 0 spiro atoms. The minimum atomic E-state index is -0.342. The van der Waals surface area contributed by atoms with Gasteiger partial charge in [0.25, 0.3) is 0 Å². The zero-order chi connectivity index (χ0) is 14.0. The molecule has 0 aliphatic heterocycles. The van der Waals surface area contributed by atoms with E-state index in [0.29, 0.717) is 5.75 Å². The highest BCUT2D eigenvalue weighted by Crippen LogP contribution is 2.31. The van der Waals surface area contributed by atoms with Crippen LogP contribution < -0.4 is 9.47 Å². The lowest BCUT2D eigenvalue weighted by molar-refractivity contribution is 0.383. The summed E-state index contributed by atoms with van der Waals surface area (Å²) in [6.45, 7) is 3.80. The van der Waals surface area contributed by atoms with Gasteiger partial charge in [0, 0.05) is 0 Å². The monoisotopic (exact) mass is 260 g/mol. The van der Waals surface area contributed by atoms with Gasteiger partial charge in [0.2, 0.25) is 0 Å². The Kier molecular flexibility index (Phi) is 3.74. The molecule has 0 heterocycles. The van der Waals surface area contributed by atoms with Gasteiger partial charge in [-0.25, -0.2) is 4.39 Å². The summed E-state index contributed by atoms with van der Waals surface area (Å²) in [6.07, 6.45) is 0. The summed E-state index contributed by atoms with van der Waals surface area (Å²) in [5.41, 5.74) is 3.60. The van der Waals surface area contributed by atoms with Gasteiger partial charge in [-0.05, 0) is 60.4 Å². The normalized spacial score (nSPS) is 10.4. The molecule has 3 heteroatoms. The van der Waals surface area contributed by atoms with Crippen LogP contribution in [0.3, 0.4) is 0 Å². The Bertz CT molecular complexity index is 583. The van der Waals surface area contributed by atoms with Crippen LogP contribution in [0.15, 0.2) is 30.3 Å². The largest absolute Gasteiger partial charge is 0.496 e. The molecule has 2 aromatic carbocycles. The fourth-order valence-corrected chi connectivity index (χ4v) is 2.21. The molecule has 0 aliphatic rings. The average molecular weight is 260 g/mol. The smallest absolute Gasteiger partial charge is 0.165 e. The fourth-order valence-electron chi connectivity index (χ4n) is 2.21. The van der Waals surface area contributed by atoms with Crippen LogP contribution in [0.2, 0.25) is 0 Å². The molecule has 0 aliphatic carbocycles. The predicted octanol–water partition coefficient (Wildman–Crippen LogP) is 4.13. The SMILES string of the molecule is COc1ccc(-c2cc(C)c(OC)c(F)c2)cc1C. The molecule has 0 unspecified atom stereocenters. The third-order valence-electron chi connectivity index (χ3n) is 3.16. The van der Waals surface area contributed by atoms with Crippen LogP contribution in [0.5, 0.6) is 11.5 Å². The van der Waals surface area contributed by atoms with Crippen molar-refractivity contribution in [3.8, 4) is 22.6 Å². The van der Waals surface area contributed by atoms with Crippen molar-refractivity contribution in [3.63, 3.8) is 0 Å². The summed E-state index contributed by atoms with van der Waals surface area (Å²) >= 11 is 0. The highest BCUT2D eigenvalue weighted by molar-refractivity contribution is 5.67. The van der Waals surface area contributed by atoms with Crippen molar-refractivity contribution in [1.29, 1.82) is 0 Å². The van der Waals surface area contributed by atoms with Crippen LogP contribution in [0.25, 0.3) is 11.1 Å². The second-order valence-corrected chi connectivity index (χ2v) is 4.49. The summed E-state index contributed by atoms with van der Waals surface area (Å²) < 4.78 is 24.2. The lowest BCUT2D eigenvalue weighted by Gasteiger charge is -2.11. The number of methoxy groups -OCH3 is 2. The van der Waals surface area contributed by atoms with Gasteiger partial charge in [0.05, 0.1) is 14.2 Å². The van der Waals surface area contributed by atoms with E-state index >= 15 is 0 Å². The highest BCUT2D eigenvalue weighted by atomic mass is 19.1. The molecule has 100 valence electrons. The predicted molar refractivity (Wildman–Crippen MR) is 74.4 cm³/mol. The summed E-state index contributed by atoms with van der Waals surface area (Å²) in [5, 5.41) is 0. The van der Waals surface area contributed by atoms with Crippen molar-refractivity contribution in [2.45, 2.75) is 13.8 Å². The van der Waals surface area contributed by atoms with Crippen LogP contribution in [-0.2, 0) is 0 Å². The average Bonchev–Trinajstić information content (AvgIpc) is 2.38. The van der Waals surface area contributed by atoms with Crippen molar-refractivity contribution < 1.29 is 13.9 Å². The van der Waals surface area contributed by atoms with E-state index in [2.05, 4.69) is 0 Å². The van der Waals surface area contributed by atoms with E-state index in [9.17, 15) is 4.39 Å². The van der Waals surface area contributed by atoms with Crippen molar-refractivity contribution in [1.82, 2.24) is 0 Å². The molecule has 0 radical (unpaired) electrons. The minimum Gasteiger partial charge on any atom is -0.496 e. The molecule has 0 saturated carbocycles. The summed E-state index contributed by atoms with van der Waals surface area (Å²) in [5.74, 6) is 0.786. The van der Waals surface area contributed by atoms with Crippen LogP contribution in [-0.4, -0.2) is 14.2 Å².